The first kappa shape index (κ1) is 20.9. The lowest BCUT2D eigenvalue weighted by Gasteiger charge is -2.31. The van der Waals surface area contributed by atoms with Gasteiger partial charge in [0.25, 0.3) is 0 Å². The quantitative estimate of drug-likeness (QED) is 0.600. The summed E-state index contributed by atoms with van der Waals surface area (Å²) in [5.41, 5.74) is 1.18. The zero-order valence-corrected chi connectivity index (χ0v) is 17.9. The summed E-state index contributed by atoms with van der Waals surface area (Å²) in [7, 11) is 2.17. The van der Waals surface area contributed by atoms with E-state index in [1.54, 1.807) is 0 Å². The zero-order chi connectivity index (χ0) is 19.8. The molecule has 2 aliphatic rings. The molecule has 6 heteroatoms. The number of rotatable bonds is 6. The topological polar surface area (TPSA) is 53.0 Å². The van der Waals surface area contributed by atoms with Gasteiger partial charge < -0.3 is 19.9 Å². The molecule has 1 aliphatic heterocycles. The molecule has 1 N–H and O–H groups in total. The molecule has 2 heterocycles. The molecule has 6 nitrogen and oxygen atoms in total. The molecule has 3 rings (SSSR count). The van der Waals surface area contributed by atoms with E-state index >= 15 is 0 Å². The van der Waals surface area contributed by atoms with Gasteiger partial charge in [-0.15, -0.1) is 0 Å². The van der Waals surface area contributed by atoms with Gasteiger partial charge in [-0.25, -0.2) is 9.98 Å². The monoisotopic (exact) mass is 387 g/mol. The Morgan fingerprint density at radius 2 is 2.04 bits per heavy atom. The van der Waals surface area contributed by atoms with Crippen LogP contribution >= 0.6 is 0 Å². The number of aliphatic imine (C=N–C) groups is 1. The summed E-state index contributed by atoms with van der Waals surface area (Å²) in [6.45, 7) is 10.5. The molecule has 1 saturated heterocycles. The Bertz CT molecular complexity index is 621. The van der Waals surface area contributed by atoms with Crippen molar-refractivity contribution < 1.29 is 4.74 Å². The minimum Gasteiger partial charge on any atom is -0.378 e. The molecule has 0 unspecified atom stereocenters. The molecule has 1 aromatic rings. The van der Waals surface area contributed by atoms with Crippen molar-refractivity contribution in [1.29, 1.82) is 0 Å². The molecule has 156 valence electrons. The number of morpholine rings is 1. The molecule has 1 saturated carbocycles. The molecule has 2 fully saturated rings. The molecule has 1 aliphatic carbocycles. The van der Waals surface area contributed by atoms with Crippen molar-refractivity contribution in [3.05, 3.63) is 23.9 Å². The van der Waals surface area contributed by atoms with Crippen molar-refractivity contribution in [3.63, 3.8) is 0 Å². The van der Waals surface area contributed by atoms with Gasteiger partial charge in [-0.05, 0) is 37.7 Å². The first-order valence-electron chi connectivity index (χ1n) is 10.9. The molecular weight excluding hydrogens is 350 g/mol. The first-order chi connectivity index (χ1) is 13.7. The van der Waals surface area contributed by atoms with Crippen molar-refractivity contribution in [2.45, 2.75) is 46.1 Å². The average molecular weight is 388 g/mol. The van der Waals surface area contributed by atoms with Crippen molar-refractivity contribution >= 4 is 11.8 Å². The molecular formula is C22H37N5O. The van der Waals surface area contributed by atoms with E-state index in [1.165, 1.54) is 31.2 Å². The third kappa shape index (κ3) is 5.84. The minimum absolute atomic E-state index is 0.648. The number of guanidine groups is 1. The zero-order valence-electron chi connectivity index (χ0n) is 17.9. The van der Waals surface area contributed by atoms with Gasteiger partial charge in [-0.3, -0.25) is 0 Å². The summed E-state index contributed by atoms with van der Waals surface area (Å²) in [6, 6.07) is 4.15. The number of nitrogens with zero attached hydrogens (tertiary/aromatic N) is 4. The summed E-state index contributed by atoms with van der Waals surface area (Å²) in [5.74, 6) is 3.73. The summed E-state index contributed by atoms with van der Waals surface area (Å²) in [6.07, 6.45) is 7.29. The summed E-state index contributed by atoms with van der Waals surface area (Å²) in [4.78, 5) is 14.2. The summed E-state index contributed by atoms with van der Waals surface area (Å²) >= 11 is 0. The highest BCUT2D eigenvalue weighted by molar-refractivity contribution is 5.79. The van der Waals surface area contributed by atoms with Crippen LogP contribution in [0.15, 0.2) is 23.3 Å². The Hall–Kier alpha value is -1.82. The van der Waals surface area contributed by atoms with Crippen molar-refractivity contribution in [2.24, 2.45) is 16.8 Å². The van der Waals surface area contributed by atoms with E-state index in [2.05, 4.69) is 47.1 Å². The number of anilines is 1. The Balaban J connectivity index is 1.65. The molecule has 0 bridgehead atoms. The van der Waals surface area contributed by atoms with E-state index in [1.807, 2.05) is 12.3 Å². The van der Waals surface area contributed by atoms with Gasteiger partial charge in [0.1, 0.15) is 5.82 Å². The van der Waals surface area contributed by atoms with Gasteiger partial charge in [0.15, 0.2) is 5.96 Å². The SMILES string of the molecule is CCNC(=NCc1cccnc1N1CCOCC1)N(C)CC1CCC(C)CC1. The van der Waals surface area contributed by atoms with Crippen LogP contribution in [0.3, 0.4) is 0 Å². The second-order valence-electron chi connectivity index (χ2n) is 8.26. The Morgan fingerprint density at radius 1 is 1.29 bits per heavy atom. The molecule has 0 spiro atoms. The van der Waals surface area contributed by atoms with E-state index < -0.39 is 0 Å². The molecule has 1 aromatic heterocycles. The van der Waals surface area contributed by atoms with Gasteiger partial charge in [0, 0.05) is 45.0 Å². The van der Waals surface area contributed by atoms with Crippen LogP contribution in [0.25, 0.3) is 0 Å². The molecule has 0 atom stereocenters. The van der Waals surface area contributed by atoms with Gasteiger partial charge in [-0.2, -0.15) is 0 Å². The lowest BCUT2D eigenvalue weighted by Crippen LogP contribution is -2.42. The molecule has 0 radical (unpaired) electrons. The first-order valence-corrected chi connectivity index (χ1v) is 10.9. The number of hydrogen-bond acceptors (Lipinski definition) is 4. The largest absolute Gasteiger partial charge is 0.378 e. The van der Waals surface area contributed by atoms with E-state index in [-0.39, 0.29) is 0 Å². The number of aromatic nitrogens is 1. The predicted molar refractivity (Wildman–Crippen MR) is 116 cm³/mol. The number of ether oxygens (including phenoxy) is 1. The van der Waals surface area contributed by atoms with Crippen LogP contribution in [-0.4, -0.2) is 62.3 Å². The third-order valence-corrected chi connectivity index (χ3v) is 5.94. The maximum Gasteiger partial charge on any atom is 0.193 e. The minimum atomic E-state index is 0.648. The lowest BCUT2D eigenvalue weighted by atomic mass is 9.83. The van der Waals surface area contributed by atoms with Crippen LogP contribution in [0.2, 0.25) is 0 Å². The highest BCUT2D eigenvalue weighted by Crippen LogP contribution is 2.28. The van der Waals surface area contributed by atoms with Crippen LogP contribution < -0.4 is 10.2 Å². The van der Waals surface area contributed by atoms with Crippen molar-refractivity contribution in [2.75, 3.05) is 51.3 Å². The Labute approximate surface area is 170 Å². The van der Waals surface area contributed by atoms with Gasteiger partial charge >= 0.3 is 0 Å². The van der Waals surface area contributed by atoms with Gasteiger partial charge in [-0.1, -0.05) is 25.8 Å². The lowest BCUT2D eigenvalue weighted by molar-refractivity contribution is 0.122. The van der Waals surface area contributed by atoms with Gasteiger partial charge in [0.05, 0.1) is 19.8 Å². The standard InChI is InChI=1S/C22H37N5O/c1-4-23-22(26(3)17-19-9-7-18(2)8-10-19)25-16-20-6-5-11-24-21(20)27-12-14-28-15-13-27/h5-6,11,18-19H,4,7-10,12-17H2,1-3H3,(H,23,25). The fraction of sp³-hybridized carbons (Fsp3) is 0.727. The molecule has 28 heavy (non-hydrogen) atoms. The third-order valence-electron chi connectivity index (χ3n) is 5.94. The fourth-order valence-electron chi connectivity index (χ4n) is 4.23. The fourth-order valence-corrected chi connectivity index (χ4v) is 4.23. The number of hydrogen-bond donors (Lipinski definition) is 1. The maximum atomic E-state index is 5.49. The van der Waals surface area contributed by atoms with Gasteiger partial charge in [0.2, 0.25) is 0 Å². The van der Waals surface area contributed by atoms with E-state index in [9.17, 15) is 0 Å². The smallest absolute Gasteiger partial charge is 0.193 e. The second kappa shape index (κ2) is 10.6. The predicted octanol–water partition coefficient (Wildman–Crippen LogP) is 3.14. The normalized spacial score (nSPS) is 23.5. The Kier molecular flexibility index (Phi) is 7.95. The van der Waals surface area contributed by atoms with E-state index in [0.717, 1.165) is 63.0 Å². The second-order valence-corrected chi connectivity index (χ2v) is 8.26. The van der Waals surface area contributed by atoms with Crippen LogP contribution in [0.5, 0.6) is 0 Å². The van der Waals surface area contributed by atoms with Crippen LogP contribution in [-0.2, 0) is 11.3 Å². The highest BCUT2D eigenvalue weighted by Gasteiger charge is 2.21. The maximum absolute atomic E-state index is 5.49. The van der Waals surface area contributed by atoms with E-state index in [0.29, 0.717) is 6.54 Å². The van der Waals surface area contributed by atoms with Crippen LogP contribution in [0.1, 0.15) is 45.1 Å². The summed E-state index contributed by atoms with van der Waals surface area (Å²) < 4.78 is 5.49. The number of nitrogens with one attached hydrogen (secondary N) is 1. The number of pyridine rings is 1. The van der Waals surface area contributed by atoms with Crippen molar-refractivity contribution in [3.8, 4) is 0 Å². The highest BCUT2D eigenvalue weighted by atomic mass is 16.5. The van der Waals surface area contributed by atoms with Crippen LogP contribution in [0.4, 0.5) is 5.82 Å². The van der Waals surface area contributed by atoms with Crippen molar-refractivity contribution in [1.82, 2.24) is 15.2 Å². The van der Waals surface area contributed by atoms with Crippen LogP contribution in [0, 0.1) is 11.8 Å². The molecule has 0 amide bonds. The van der Waals surface area contributed by atoms with E-state index in [4.69, 9.17) is 9.73 Å². The molecule has 0 aromatic carbocycles. The average Bonchev–Trinajstić information content (AvgIpc) is 2.73. The Morgan fingerprint density at radius 3 is 2.75 bits per heavy atom. The summed E-state index contributed by atoms with van der Waals surface area (Å²) in [5, 5.41) is 3.47.